The maximum absolute atomic E-state index is 13.9. The average Bonchev–Trinajstić information content (AvgIpc) is 3.62. The standard InChI is InChI=1S/C28H38FN3O2/c29-24-3-1-19(2-4-24)17-32(28-14-20-11-21(15-28)13-22(12-20)16-28)26(33)18-31-9-7-23(8-10-31)27(34)30-25-5-6-25/h1-4,20-23,25H,5-18H2,(H,30,34). The van der Waals surface area contributed by atoms with Crippen molar-refractivity contribution in [2.24, 2.45) is 23.7 Å². The molecule has 6 heteroatoms. The predicted octanol–water partition coefficient (Wildman–Crippen LogP) is 4.11. The summed E-state index contributed by atoms with van der Waals surface area (Å²) in [5.74, 6) is 2.56. The van der Waals surface area contributed by atoms with Crippen LogP contribution in [0.2, 0.25) is 0 Å². The second kappa shape index (κ2) is 8.92. The maximum Gasteiger partial charge on any atom is 0.237 e. The highest BCUT2D eigenvalue weighted by Crippen LogP contribution is 2.58. The van der Waals surface area contributed by atoms with Gasteiger partial charge in [-0.2, -0.15) is 0 Å². The molecule has 1 aromatic rings. The Kier molecular flexibility index (Phi) is 5.91. The zero-order valence-electron chi connectivity index (χ0n) is 20.2. The molecule has 7 rings (SSSR count). The number of hydrogen-bond acceptors (Lipinski definition) is 3. The van der Waals surface area contributed by atoms with Crippen LogP contribution in [0.3, 0.4) is 0 Å². The minimum Gasteiger partial charge on any atom is -0.353 e. The Morgan fingerprint density at radius 3 is 2.09 bits per heavy atom. The summed E-state index contributed by atoms with van der Waals surface area (Å²) in [6, 6.07) is 7.09. The summed E-state index contributed by atoms with van der Waals surface area (Å²) < 4.78 is 13.6. The van der Waals surface area contributed by atoms with Gasteiger partial charge < -0.3 is 10.2 Å². The Bertz CT molecular complexity index is 885. The fourth-order valence-corrected chi connectivity index (χ4v) is 7.86. The van der Waals surface area contributed by atoms with Gasteiger partial charge in [0.2, 0.25) is 11.8 Å². The van der Waals surface area contributed by atoms with Crippen LogP contribution in [0.5, 0.6) is 0 Å². The van der Waals surface area contributed by atoms with E-state index in [4.69, 9.17) is 0 Å². The molecule has 1 aromatic carbocycles. The molecular weight excluding hydrogens is 429 g/mol. The first kappa shape index (κ1) is 22.5. The minimum absolute atomic E-state index is 0.0251. The fourth-order valence-electron chi connectivity index (χ4n) is 7.86. The summed E-state index contributed by atoms with van der Waals surface area (Å²) in [6.45, 7) is 2.62. The SMILES string of the molecule is O=C(NC1CC1)C1CCN(CC(=O)N(Cc2ccc(F)cc2)C23CC4CC(CC(C4)C2)C3)CC1. The van der Waals surface area contributed by atoms with E-state index in [2.05, 4.69) is 15.1 Å². The number of nitrogens with one attached hydrogen (secondary N) is 1. The van der Waals surface area contributed by atoms with Gasteiger partial charge in [0, 0.05) is 24.0 Å². The molecule has 0 aromatic heterocycles. The van der Waals surface area contributed by atoms with Crippen molar-refractivity contribution in [2.45, 2.75) is 82.3 Å². The molecule has 5 aliphatic carbocycles. The van der Waals surface area contributed by atoms with E-state index in [9.17, 15) is 14.0 Å². The van der Waals surface area contributed by atoms with E-state index in [0.29, 0.717) is 19.1 Å². The third kappa shape index (κ3) is 4.62. The summed E-state index contributed by atoms with van der Waals surface area (Å²) in [5.41, 5.74) is 0.990. The summed E-state index contributed by atoms with van der Waals surface area (Å²) in [7, 11) is 0. The van der Waals surface area contributed by atoms with E-state index < -0.39 is 0 Å². The lowest BCUT2D eigenvalue weighted by molar-refractivity contribution is -0.153. The average molecular weight is 468 g/mol. The number of hydrogen-bond donors (Lipinski definition) is 1. The molecule has 184 valence electrons. The van der Waals surface area contributed by atoms with Crippen LogP contribution in [-0.4, -0.2) is 52.8 Å². The molecule has 0 radical (unpaired) electrons. The van der Waals surface area contributed by atoms with E-state index in [1.54, 1.807) is 0 Å². The highest BCUT2D eigenvalue weighted by atomic mass is 19.1. The van der Waals surface area contributed by atoms with Gasteiger partial charge in [-0.3, -0.25) is 14.5 Å². The number of likely N-dealkylation sites (tertiary alicyclic amines) is 1. The molecule has 4 bridgehead atoms. The molecule has 0 spiro atoms. The van der Waals surface area contributed by atoms with Crippen molar-refractivity contribution < 1.29 is 14.0 Å². The molecule has 0 unspecified atom stereocenters. The molecule has 1 heterocycles. The zero-order chi connectivity index (χ0) is 23.3. The van der Waals surface area contributed by atoms with Crippen LogP contribution in [0.25, 0.3) is 0 Å². The lowest BCUT2D eigenvalue weighted by Crippen LogP contribution is -2.62. The number of amides is 2. The molecule has 1 saturated heterocycles. The molecule has 5 saturated carbocycles. The van der Waals surface area contributed by atoms with Gasteiger partial charge in [0.1, 0.15) is 5.82 Å². The van der Waals surface area contributed by atoms with Gasteiger partial charge in [0.05, 0.1) is 6.54 Å². The number of carbonyl (C=O) groups excluding carboxylic acids is 2. The first-order valence-electron chi connectivity index (χ1n) is 13.5. The summed E-state index contributed by atoms with van der Waals surface area (Å²) in [6.07, 6.45) is 11.3. The van der Waals surface area contributed by atoms with Crippen LogP contribution < -0.4 is 5.32 Å². The third-order valence-corrected chi connectivity index (χ3v) is 9.37. The predicted molar refractivity (Wildman–Crippen MR) is 128 cm³/mol. The number of halogens is 1. The van der Waals surface area contributed by atoms with Crippen LogP contribution in [0.4, 0.5) is 4.39 Å². The van der Waals surface area contributed by atoms with Crippen molar-refractivity contribution in [1.82, 2.24) is 15.1 Å². The van der Waals surface area contributed by atoms with Gasteiger partial charge in [0.25, 0.3) is 0 Å². The van der Waals surface area contributed by atoms with Gasteiger partial charge in [-0.1, -0.05) is 12.1 Å². The lowest BCUT2D eigenvalue weighted by Gasteiger charge is -2.60. The van der Waals surface area contributed by atoms with E-state index in [-0.39, 0.29) is 29.1 Å². The minimum atomic E-state index is -0.231. The molecule has 1 N–H and O–H groups in total. The second-order valence-corrected chi connectivity index (χ2v) is 12.1. The monoisotopic (exact) mass is 467 g/mol. The Morgan fingerprint density at radius 2 is 1.53 bits per heavy atom. The van der Waals surface area contributed by atoms with Crippen molar-refractivity contribution in [3.05, 3.63) is 35.6 Å². The quantitative estimate of drug-likeness (QED) is 0.657. The molecule has 34 heavy (non-hydrogen) atoms. The number of carbonyl (C=O) groups is 2. The first-order chi connectivity index (χ1) is 16.5. The highest BCUT2D eigenvalue weighted by Gasteiger charge is 2.54. The first-order valence-corrected chi connectivity index (χ1v) is 13.5. The Morgan fingerprint density at radius 1 is 0.941 bits per heavy atom. The molecule has 5 nitrogen and oxygen atoms in total. The van der Waals surface area contributed by atoms with Crippen molar-refractivity contribution >= 4 is 11.8 Å². The van der Waals surface area contributed by atoms with Gasteiger partial charge in [0.15, 0.2) is 0 Å². The highest BCUT2D eigenvalue weighted by molar-refractivity contribution is 5.80. The van der Waals surface area contributed by atoms with Crippen LogP contribution in [0, 0.1) is 29.5 Å². The van der Waals surface area contributed by atoms with E-state index in [1.165, 1.54) is 31.4 Å². The normalized spacial score (nSPS) is 33.1. The fraction of sp³-hybridized carbons (Fsp3) is 0.714. The molecule has 2 amide bonds. The van der Waals surface area contributed by atoms with E-state index in [0.717, 1.165) is 81.4 Å². The van der Waals surface area contributed by atoms with E-state index in [1.807, 2.05) is 12.1 Å². The zero-order valence-corrected chi connectivity index (χ0v) is 20.2. The van der Waals surface area contributed by atoms with Crippen LogP contribution >= 0.6 is 0 Å². The number of piperidine rings is 1. The summed E-state index contributed by atoms with van der Waals surface area (Å²) in [4.78, 5) is 30.8. The molecular formula is C28H38FN3O2. The summed E-state index contributed by atoms with van der Waals surface area (Å²) >= 11 is 0. The van der Waals surface area contributed by atoms with Crippen LogP contribution in [-0.2, 0) is 16.1 Å². The van der Waals surface area contributed by atoms with Crippen molar-refractivity contribution in [1.29, 1.82) is 0 Å². The van der Waals surface area contributed by atoms with E-state index >= 15 is 0 Å². The van der Waals surface area contributed by atoms with Gasteiger partial charge in [-0.25, -0.2) is 4.39 Å². The summed E-state index contributed by atoms with van der Waals surface area (Å²) in [5, 5.41) is 3.14. The largest absolute Gasteiger partial charge is 0.353 e. The Labute approximate surface area is 202 Å². The second-order valence-electron chi connectivity index (χ2n) is 12.1. The van der Waals surface area contributed by atoms with Gasteiger partial charge in [-0.15, -0.1) is 0 Å². The topological polar surface area (TPSA) is 52.7 Å². The Balaban J connectivity index is 1.15. The smallest absolute Gasteiger partial charge is 0.237 e. The Hall–Kier alpha value is -1.95. The van der Waals surface area contributed by atoms with Crippen LogP contribution in [0.1, 0.15) is 69.8 Å². The number of nitrogens with zero attached hydrogens (tertiary/aromatic N) is 2. The van der Waals surface area contributed by atoms with Gasteiger partial charge in [-0.05, 0) is 113 Å². The van der Waals surface area contributed by atoms with Crippen LogP contribution in [0.15, 0.2) is 24.3 Å². The van der Waals surface area contributed by atoms with Crippen molar-refractivity contribution in [2.75, 3.05) is 19.6 Å². The molecule has 6 fully saturated rings. The van der Waals surface area contributed by atoms with Gasteiger partial charge >= 0.3 is 0 Å². The molecule has 6 aliphatic rings. The van der Waals surface area contributed by atoms with Crippen molar-refractivity contribution in [3.63, 3.8) is 0 Å². The maximum atomic E-state index is 13.9. The third-order valence-electron chi connectivity index (χ3n) is 9.37. The number of benzene rings is 1. The molecule has 0 atom stereocenters. The number of rotatable bonds is 7. The lowest BCUT2D eigenvalue weighted by atomic mass is 9.52. The van der Waals surface area contributed by atoms with Crippen molar-refractivity contribution in [3.8, 4) is 0 Å². The molecule has 1 aliphatic heterocycles.